The van der Waals surface area contributed by atoms with Crippen LogP contribution in [0.2, 0.25) is 15.1 Å². The molecule has 1 atom stereocenters. The highest BCUT2D eigenvalue weighted by Gasteiger charge is 2.29. The summed E-state index contributed by atoms with van der Waals surface area (Å²) in [6.07, 6.45) is 0. The normalized spacial score (nSPS) is 17.5. The highest BCUT2D eigenvalue weighted by atomic mass is 35.5. The van der Waals surface area contributed by atoms with E-state index in [2.05, 4.69) is 21.9 Å². The summed E-state index contributed by atoms with van der Waals surface area (Å²) >= 11 is 18.8. The molecule has 6 heteroatoms. The van der Waals surface area contributed by atoms with Crippen LogP contribution in [-0.4, -0.2) is 29.6 Å². The van der Waals surface area contributed by atoms with Gasteiger partial charge in [0.1, 0.15) is 5.75 Å². The highest BCUT2D eigenvalue weighted by molar-refractivity contribution is 6.36. The SMILES string of the molecule is Oc1ccc(CN2CCN(c3ccc(Cl)cc3Cl)C(c3ccc(Cl)cc3)C2)cc1. The van der Waals surface area contributed by atoms with Crippen LogP contribution >= 0.6 is 34.8 Å². The lowest BCUT2D eigenvalue weighted by atomic mass is 10.0. The van der Waals surface area contributed by atoms with E-state index < -0.39 is 0 Å². The van der Waals surface area contributed by atoms with Crippen molar-refractivity contribution < 1.29 is 5.11 Å². The monoisotopic (exact) mass is 446 g/mol. The van der Waals surface area contributed by atoms with Crippen molar-refractivity contribution in [2.24, 2.45) is 0 Å². The van der Waals surface area contributed by atoms with Crippen molar-refractivity contribution in [3.63, 3.8) is 0 Å². The average Bonchev–Trinajstić information content (AvgIpc) is 2.71. The molecule has 0 saturated carbocycles. The van der Waals surface area contributed by atoms with E-state index >= 15 is 0 Å². The van der Waals surface area contributed by atoms with Gasteiger partial charge >= 0.3 is 0 Å². The zero-order valence-corrected chi connectivity index (χ0v) is 18.0. The Labute approximate surface area is 186 Å². The van der Waals surface area contributed by atoms with Gasteiger partial charge in [-0.3, -0.25) is 4.90 Å². The molecule has 3 nitrogen and oxygen atoms in total. The Morgan fingerprint density at radius 1 is 0.828 bits per heavy atom. The van der Waals surface area contributed by atoms with Crippen LogP contribution in [0.3, 0.4) is 0 Å². The molecule has 4 rings (SSSR count). The Hall–Kier alpha value is -1.91. The second-order valence-corrected chi connectivity index (χ2v) is 8.54. The molecule has 0 amide bonds. The van der Waals surface area contributed by atoms with Gasteiger partial charge < -0.3 is 10.0 Å². The quantitative estimate of drug-likeness (QED) is 0.500. The molecule has 0 aromatic heterocycles. The first-order valence-corrected chi connectivity index (χ1v) is 10.6. The van der Waals surface area contributed by atoms with Gasteiger partial charge in [-0.15, -0.1) is 0 Å². The van der Waals surface area contributed by atoms with Crippen molar-refractivity contribution in [3.8, 4) is 5.75 Å². The fraction of sp³-hybridized carbons (Fsp3) is 0.217. The molecule has 1 aliphatic heterocycles. The number of aromatic hydroxyl groups is 1. The summed E-state index contributed by atoms with van der Waals surface area (Å²) in [6.45, 7) is 3.42. The maximum Gasteiger partial charge on any atom is 0.115 e. The first-order valence-electron chi connectivity index (χ1n) is 9.47. The largest absolute Gasteiger partial charge is 0.508 e. The van der Waals surface area contributed by atoms with Crippen LogP contribution in [0.25, 0.3) is 0 Å². The van der Waals surface area contributed by atoms with Gasteiger partial charge in [0.25, 0.3) is 0 Å². The van der Waals surface area contributed by atoms with E-state index in [9.17, 15) is 5.11 Å². The second-order valence-electron chi connectivity index (χ2n) is 7.26. The molecule has 1 heterocycles. The molecule has 3 aromatic carbocycles. The summed E-state index contributed by atoms with van der Waals surface area (Å²) in [5.74, 6) is 0.287. The van der Waals surface area contributed by atoms with E-state index in [-0.39, 0.29) is 11.8 Å². The van der Waals surface area contributed by atoms with E-state index in [0.717, 1.165) is 36.9 Å². The predicted molar refractivity (Wildman–Crippen MR) is 121 cm³/mol. The molecule has 0 radical (unpaired) electrons. The number of piperazine rings is 1. The third-order valence-electron chi connectivity index (χ3n) is 5.28. The van der Waals surface area contributed by atoms with Gasteiger partial charge in [0, 0.05) is 36.2 Å². The van der Waals surface area contributed by atoms with Crippen LogP contribution in [0.1, 0.15) is 17.2 Å². The number of phenolic OH excluding ortho intramolecular Hbond substituents is 1. The fourth-order valence-corrected chi connectivity index (χ4v) is 4.46. The lowest BCUT2D eigenvalue weighted by Gasteiger charge is -2.43. The number of hydrogen-bond acceptors (Lipinski definition) is 3. The van der Waals surface area contributed by atoms with Gasteiger partial charge in [-0.2, -0.15) is 0 Å². The predicted octanol–water partition coefficient (Wildman–Crippen LogP) is 6.42. The smallest absolute Gasteiger partial charge is 0.115 e. The number of rotatable bonds is 4. The minimum atomic E-state index is 0.136. The van der Waals surface area contributed by atoms with Gasteiger partial charge in [-0.1, -0.05) is 59.1 Å². The van der Waals surface area contributed by atoms with E-state index in [1.807, 2.05) is 36.4 Å². The molecule has 1 N–H and O–H groups in total. The van der Waals surface area contributed by atoms with E-state index in [1.165, 1.54) is 11.1 Å². The summed E-state index contributed by atoms with van der Waals surface area (Å²) in [5.41, 5.74) is 3.35. The average molecular weight is 448 g/mol. The topological polar surface area (TPSA) is 26.7 Å². The maximum atomic E-state index is 9.53. The minimum Gasteiger partial charge on any atom is -0.508 e. The van der Waals surface area contributed by atoms with E-state index in [0.29, 0.717) is 10.0 Å². The number of phenols is 1. The van der Waals surface area contributed by atoms with Crippen LogP contribution in [-0.2, 0) is 6.54 Å². The second kappa shape index (κ2) is 8.85. The van der Waals surface area contributed by atoms with Gasteiger partial charge in [-0.05, 0) is 53.6 Å². The lowest BCUT2D eigenvalue weighted by molar-refractivity contribution is 0.215. The number of hydrogen-bond donors (Lipinski definition) is 1. The Kier molecular flexibility index (Phi) is 6.21. The molecule has 1 saturated heterocycles. The highest BCUT2D eigenvalue weighted by Crippen LogP contribution is 2.37. The first-order chi connectivity index (χ1) is 14.0. The van der Waals surface area contributed by atoms with Crippen LogP contribution in [0.5, 0.6) is 5.75 Å². The van der Waals surface area contributed by atoms with Crippen molar-refractivity contribution in [1.82, 2.24) is 4.90 Å². The van der Waals surface area contributed by atoms with Crippen molar-refractivity contribution in [1.29, 1.82) is 0 Å². The summed E-state index contributed by atoms with van der Waals surface area (Å²) < 4.78 is 0. The number of benzene rings is 3. The van der Waals surface area contributed by atoms with Gasteiger partial charge in [0.05, 0.1) is 16.8 Å². The summed E-state index contributed by atoms with van der Waals surface area (Å²) in [4.78, 5) is 4.77. The van der Waals surface area contributed by atoms with Gasteiger partial charge in [0.2, 0.25) is 0 Å². The standard InChI is InChI=1S/C23H21Cl3N2O/c24-18-5-3-17(4-6-18)23-15-27(14-16-1-8-20(29)9-2-16)11-12-28(23)22-10-7-19(25)13-21(22)26/h1-10,13,23,29H,11-12,14-15H2. The first kappa shape index (κ1) is 20.4. The molecule has 0 spiro atoms. The van der Waals surface area contributed by atoms with Crippen molar-refractivity contribution >= 4 is 40.5 Å². The molecule has 1 fully saturated rings. The van der Waals surface area contributed by atoms with Crippen LogP contribution in [0, 0.1) is 0 Å². The Bertz CT molecular complexity index is 976. The Balaban J connectivity index is 1.62. The summed E-state index contributed by atoms with van der Waals surface area (Å²) in [7, 11) is 0. The fourth-order valence-electron chi connectivity index (χ4n) is 3.82. The van der Waals surface area contributed by atoms with Crippen molar-refractivity contribution in [2.45, 2.75) is 12.6 Å². The Morgan fingerprint density at radius 3 is 2.21 bits per heavy atom. The van der Waals surface area contributed by atoms with Crippen molar-refractivity contribution in [3.05, 3.63) is 92.9 Å². The third kappa shape index (κ3) is 4.81. The number of anilines is 1. The summed E-state index contributed by atoms with van der Waals surface area (Å²) in [5, 5.41) is 11.5. The lowest BCUT2D eigenvalue weighted by Crippen LogP contribution is -2.48. The molecule has 1 aliphatic rings. The number of halogens is 3. The van der Waals surface area contributed by atoms with Crippen molar-refractivity contribution in [2.75, 3.05) is 24.5 Å². The minimum absolute atomic E-state index is 0.136. The Morgan fingerprint density at radius 2 is 1.52 bits per heavy atom. The molecule has 29 heavy (non-hydrogen) atoms. The molecule has 3 aromatic rings. The molecule has 150 valence electrons. The van der Waals surface area contributed by atoms with Gasteiger partial charge in [-0.25, -0.2) is 0 Å². The molecule has 0 bridgehead atoms. The number of nitrogens with zero attached hydrogens (tertiary/aromatic N) is 2. The maximum absolute atomic E-state index is 9.53. The molecule has 0 aliphatic carbocycles. The third-order valence-corrected chi connectivity index (χ3v) is 6.07. The van der Waals surface area contributed by atoms with Crippen LogP contribution in [0.4, 0.5) is 5.69 Å². The molecule has 1 unspecified atom stereocenters. The zero-order chi connectivity index (χ0) is 20.4. The molecular weight excluding hydrogens is 427 g/mol. The van der Waals surface area contributed by atoms with Crippen LogP contribution in [0.15, 0.2) is 66.7 Å². The van der Waals surface area contributed by atoms with E-state index in [1.54, 1.807) is 18.2 Å². The van der Waals surface area contributed by atoms with E-state index in [4.69, 9.17) is 34.8 Å². The van der Waals surface area contributed by atoms with Gasteiger partial charge in [0.15, 0.2) is 0 Å². The summed E-state index contributed by atoms with van der Waals surface area (Å²) in [6, 6.07) is 21.2. The molecular formula is C23H21Cl3N2O. The zero-order valence-electron chi connectivity index (χ0n) is 15.7. The van der Waals surface area contributed by atoms with Crippen LogP contribution < -0.4 is 4.90 Å².